The smallest absolute Gasteiger partial charge is 0.232 e. The van der Waals surface area contributed by atoms with Crippen LogP contribution in [0.2, 0.25) is 0 Å². The molecule has 1 saturated heterocycles. The van der Waals surface area contributed by atoms with Crippen LogP contribution in [0.3, 0.4) is 0 Å². The summed E-state index contributed by atoms with van der Waals surface area (Å²) in [4.78, 5) is 23.6. The first-order valence-corrected chi connectivity index (χ1v) is 11.4. The molecule has 7 nitrogen and oxygen atoms in total. The predicted octanol–water partition coefficient (Wildman–Crippen LogP) is 4.95. The minimum Gasteiger partial charge on any atom is -0.497 e. The van der Waals surface area contributed by atoms with Gasteiger partial charge in [0.15, 0.2) is 0 Å². The lowest BCUT2D eigenvalue weighted by molar-refractivity contribution is -0.117. The Hall–Kier alpha value is -3.52. The Morgan fingerprint density at radius 3 is 2.72 bits per heavy atom. The summed E-state index contributed by atoms with van der Waals surface area (Å²) in [6.07, 6.45) is 1.26. The van der Waals surface area contributed by atoms with Crippen LogP contribution in [0.5, 0.6) is 5.75 Å². The van der Waals surface area contributed by atoms with Crippen molar-refractivity contribution in [1.82, 2.24) is 15.1 Å². The number of aromatic nitrogens is 3. The molecule has 0 bridgehead atoms. The Balaban J connectivity index is 1.35. The number of carbonyl (C=O) groups excluding carboxylic acids is 1. The SMILES string of the molecule is CCc1nc(-c2cccc(-c3noc(C4CC(=O)N(c5ccc(OC)cc5)C4)n3)c2)cs1. The summed E-state index contributed by atoms with van der Waals surface area (Å²) in [6.45, 7) is 2.61. The van der Waals surface area contributed by atoms with Crippen LogP contribution in [0, 0.1) is 0 Å². The molecule has 162 valence electrons. The summed E-state index contributed by atoms with van der Waals surface area (Å²) in [7, 11) is 1.62. The Bertz CT molecular complexity index is 1250. The average Bonchev–Trinajstić information content (AvgIpc) is 3.59. The number of rotatable bonds is 6. The van der Waals surface area contributed by atoms with Crippen molar-refractivity contribution >= 4 is 22.9 Å². The van der Waals surface area contributed by atoms with Crippen molar-refractivity contribution < 1.29 is 14.1 Å². The van der Waals surface area contributed by atoms with Gasteiger partial charge in [-0.1, -0.05) is 30.3 Å². The van der Waals surface area contributed by atoms with Crippen molar-refractivity contribution in [3.8, 4) is 28.4 Å². The van der Waals surface area contributed by atoms with Crippen molar-refractivity contribution in [2.75, 3.05) is 18.6 Å². The molecular weight excluding hydrogens is 424 g/mol. The molecule has 3 heterocycles. The molecule has 0 N–H and O–H groups in total. The summed E-state index contributed by atoms with van der Waals surface area (Å²) >= 11 is 1.66. The zero-order valence-corrected chi connectivity index (χ0v) is 18.6. The van der Waals surface area contributed by atoms with E-state index in [0.29, 0.717) is 24.7 Å². The highest BCUT2D eigenvalue weighted by Gasteiger charge is 2.35. The molecule has 1 aliphatic rings. The second-order valence-corrected chi connectivity index (χ2v) is 8.56. The van der Waals surface area contributed by atoms with E-state index in [0.717, 1.165) is 39.7 Å². The highest BCUT2D eigenvalue weighted by atomic mass is 32.1. The van der Waals surface area contributed by atoms with Crippen LogP contribution in [0.15, 0.2) is 58.4 Å². The van der Waals surface area contributed by atoms with Gasteiger partial charge in [-0.15, -0.1) is 11.3 Å². The zero-order chi connectivity index (χ0) is 22.1. The van der Waals surface area contributed by atoms with Gasteiger partial charge in [0.25, 0.3) is 0 Å². The van der Waals surface area contributed by atoms with Crippen LogP contribution in [0.4, 0.5) is 5.69 Å². The number of benzene rings is 2. The highest BCUT2D eigenvalue weighted by molar-refractivity contribution is 7.09. The van der Waals surface area contributed by atoms with Crippen LogP contribution in [0.1, 0.15) is 30.2 Å². The van der Waals surface area contributed by atoms with Crippen LogP contribution in [-0.2, 0) is 11.2 Å². The summed E-state index contributed by atoms with van der Waals surface area (Å²) in [5.74, 6) is 1.65. The molecule has 0 radical (unpaired) electrons. The maximum atomic E-state index is 12.6. The predicted molar refractivity (Wildman–Crippen MR) is 123 cm³/mol. The quantitative estimate of drug-likeness (QED) is 0.417. The van der Waals surface area contributed by atoms with Crippen molar-refractivity contribution in [3.63, 3.8) is 0 Å². The first-order valence-electron chi connectivity index (χ1n) is 10.5. The van der Waals surface area contributed by atoms with Gasteiger partial charge in [0.1, 0.15) is 5.75 Å². The third-order valence-electron chi connectivity index (χ3n) is 5.57. The van der Waals surface area contributed by atoms with Gasteiger partial charge in [0.05, 0.1) is 23.7 Å². The molecule has 1 unspecified atom stereocenters. The van der Waals surface area contributed by atoms with Crippen molar-refractivity contribution in [1.29, 1.82) is 0 Å². The minimum absolute atomic E-state index is 0.0391. The second kappa shape index (κ2) is 8.55. The van der Waals surface area contributed by atoms with Gasteiger partial charge in [-0.25, -0.2) is 4.98 Å². The molecule has 4 aromatic rings. The van der Waals surface area contributed by atoms with Crippen LogP contribution in [-0.4, -0.2) is 34.7 Å². The number of hydrogen-bond donors (Lipinski definition) is 0. The Morgan fingerprint density at radius 1 is 1.16 bits per heavy atom. The van der Waals surface area contributed by atoms with Gasteiger partial charge in [-0.2, -0.15) is 4.98 Å². The van der Waals surface area contributed by atoms with Gasteiger partial charge >= 0.3 is 0 Å². The summed E-state index contributed by atoms with van der Waals surface area (Å²) in [6, 6.07) is 15.4. The lowest BCUT2D eigenvalue weighted by Gasteiger charge is -2.16. The van der Waals surface area contributed by atoms with Crippen molar-refractivity contribution in [2.45, 2.75) is 25.7 Å². The second-order valence-electron chi connectivity index (χ2n) is 7.62. The first kappa shape index (κ1) is 20.4. The first-order chi connectivity index (χ1) is 15.6. The standard InChI is InChI=1S/C24H22N4O3S/c1-3-21-25-20(14-32-21)15-5-4-6-16(11-15)23-26-24(31-27-23)17-12-22(29)28(13-17)18-7-9-19(30-2)10-8-18/h4-11,14,17H,3,12-13H2,1-2H3. The van der Waals surface area contributed by atoms with E-state index in [-0.39, 0.29) is 11.8 Å². The summed E-state index contributed by atoms with van der Waals surface area (Å²) < 4.78 is 10.8. The monoisotopic (exact) mass is 446 g/mol. The van der Waals surface area contributed by atoms with Crippen molar-refractivity contribution in [3.05, 3.63) is 64.8 Å². The summed E-state index contributed by atoms with van der Waals surface area (Å²) in [5, 5.41) is 7.36. The number of amides is 1. The van der Waals surface area contributed by atoms with E-state index < -0.39 is 0 Å². The third kappa shape index (κ3) is 3.89. The Labute approximate surface area is 189 Å². The largest absolute Gasteiger partial charge is 0.497 e. The molecule has 8 heteroatoms. The zero-order valence-electron chi connectivity index (χ0n) is 17.8. The lowest BCUT2D eigenvalue weighted by atomic mass is 10.1. The fourth-order valence-electron chi connectivity index (χ4n) is 3.83. The van der Waals surface area contributed by atoms with E-state index in [2.05, 4.69) is 27.4 Å². The normalized spacial score (nSPS) is 16.0. The maximum Gasteiger partial charge on any atom is 0.232 e. The number of anilines is 1. The molecule has 2 aromatic carbocycles. The topological polar surface area (TPSA) is 81.4 Å². The van der Waals surface area contributed by atoms with Gasteiger partial charge < -0.3 is 14.2 Å². The van der Waals surface area contributed by atoms with Gasteiger partial charge in [-0.3, -0.25) is 4.79 Å². The molecule has 32 heavy (non-hydrogen) atoms. The maximum absolute atomic E-state index is 12.6. The molecular formula is C24H22N4O3S. The molecule has 1 aliphatic heterocycles. The van der Waals surface area contributed by atoms with E-state index >= 15 is 0 Å². The number of thiazole rings is 1. The van der Waals surface area contributed by atoms with E-state index in [9.17, 15) is 4.79 Å². The number of carbonyl (C=O) groups is 1. The van der Waals surface area contributed by atoms with E-state index in [4.69, 9.17) is 9.26 Å². The number of aryl methyl sites for hydroxylation is 1. The number of hydrogen-bond acceptors (Lipinski definition) is 7. The van der Waals surface area contributed by atoms with Crippen LogP contribution < -0.4 is 9.64 Å². The van der Waals surface area contributed by atoms with Gasteiger partial charge in [0.2, 0.25) is 17.6 Å². The molecule has 2 aromatic heterocycles. The fourth-order valence-corrected chi connectivity index (χ4v) is 4.58. The Morgan fingerprint density at radius 2 is 1.97 bits per heavy atom. The molecule has 1 atom stereocenters. The molecule has 1 fully saturated rings. The van der Waals surface area contributed by atoms with Crippen LogP contribution >= 0.6 is 11.3 Å². The number of nitrogens with zero attached hydrogens (tertiary/aromatic N) is 4. The van der Waals surface area contributed by atoms with Crippen LogP contribution in [0.25, 0.3) is 22.6 Å². The number of ether oxygens (including phenoxy) is 1. The lowest BCUT2D eigenvalue weighted by Crippen LogP contribution is -2.24. The minimum atomic E-state index is -0.139. The Kier molecular flexibility index (Phi) is 5.45. The molecule has 0 saturated carbocycles. The average molecular weight is 447 g/mol. The molecule has 0 aliphatic carbocycles. The fraction of sp³-hybridized carbons (Fsp3) is 0.250. The molecule has 0 spiro atoms. The molecule has 5 rings (SSSR count). The van der Waals surface area contributed by atoms with E-state index in [1.807, 2.05) is 48.5 Å². The number of methoxy groups -OCH3 is 1. The highest BCUT2D eigenvalue weighted by Crippen LogP contribution is 2.33. The summed E-state index contributed by atoms with van der Waals surface area (Å²) in [5.41, 5.74) is 3.67. The van der Waals surface area contributed by atoms with E-state index in [1.165, 1.54) is 0 Å². The molecule has 1 amide bonds. The van der Waals surface area contributed by atoms with E-state index in [1.54, 1.807) is 23.3 Å². The van der Waals surface area contributed by atoms with Gasteiger partial charge in [0, 0.05) is 35.2 Å². The third-order valence-corrected chi connectivity index (χ3v) is 6.56. The van der Waals surface area contributed by atoms with Crippen molar-refractivity contribution in [2.24, 2.45) is 0 Å². The van der Waals surface area contributed by atoms with Gasteiger partial charge in [-0.05, 0) is 36.8 Å².